The second-order valence-electron chi connectivity index (χ2n) is 5.23. The zero-order valence-electron chi connectivity index (χ0n) is 13.9. The van der Waals surface area contributed by atoms with Crippen molar-refractivity contribution in [2.75, 3.05) is 19.0 Å². The van der Waals surface area contributed by atoms with Crippen LogP contribution in [0, 0.1) is 6.92 Å². The van der Waals surface area contributed by atoms with Gasteiger partial charge in [-0.1, -0.05) is 6.07 Å². The molecule has 0 aliphatic rings. The molecule has 6 heteroatoms. The van der Waals surface area contributed by atoms with Crippen molar-refractivity contribution in [3.05, 3.63) is 51.5 Å². The molecule has 24 heavy (non-hydrogen) atoms. The van der Waals surface area contributed by atoms with E-state index in [1.807, 2.05) is 26.0 Å². The second-order valence-corrected chi connectivity index (χ2v) is 6.08. The topological polar surface area (TPSA) is 67.8 Å². The SMILES string of the molecule is CCOc1cc(CNc2cc(C(=O)O)ccc2C)cc(Br)c1OC. The molecular weight excluding hydrogens is 374 g/mol. The Kier molecular flexibility index (Phi) is 6.09. The standard InChI is InChI=1S/C18H20BrNO4/c1-4-24-16-8-12(7-14(19)17(16)23-3)10-20-15-9-13(18(21)22)6-5-11(15)2/h5-9,20H,4,10H2,1-3H3,(H,21,22). The molecule has 0 amide bonds. The van der Waals surface area contributed by atoms with Crippen LogP contribution >= 0.6 is 15.9 Å². The molecule has 0 aromatic heterocycles. The lowest BCUT2D eigenvalue weighted by molar-refractivity contribution is 0.0697. The molecule has 0 radical (unpaired) electrons. The van der Waals surface area contributed by atoms with E-state index in [0.29, 0.717) is 24.7 Å². The molecule has 128 valence electrons. The summed E-state index contributed by atoms with van der Waals surface area (Å²) in [6, 6.07) is 8.89. The number of hydrogen-bond donors (Lipinski definition) is 2. The fourth-order valence-corrected chi connectivity index (χ4v) is 2.98. The van der Waals surface area contributed by atoms with Gasteiger partial charge in [0.25, 0.3) is 0 Å². The van der Waals surface area contributed by atoms with Crippen molar-refractivity contribution in [3.63, 3.8) is 0 Å². The molecule has 0 saturated heterocycles. The van der Waals surface area contributed by atoms with Crippen LogP contribution in [0.1, 0.15) is 28.4 Å². The third-order valence-corrected chi connectivity index (χ3v) is 4.13. The summed E-state index contributed by atoms with van der Waals surface area (Å²) < 4.78 is 11.8. The molecule has 5 nitrogen and oxygen atoms in total. The quantitative estimate of drug-likeness (QED) is 0.725. The van der Waals surface area contributed by atoms with Crippen LogP contribution in [0.5, 0.6) is 11.5 Å². The Balaban J connectivity index is 2.23. The predicted molar refractivity (Wildman–Crippen MR) is 97.3 cm³/mol. The number of rotatable bonds is 7. The van der Waals surface area contributed by atoms with Crippen LogP contribution in [0.15, 0.2) is 34.8 Å². The molecule has 0 bridgehead atoms. The van der Waals surface area contributed by atoms with E-state index < -0.39 is 5.97 Å². The first-order valence-electron chi connectivity index (χ1n) is 7.53. The van der Waals surface area contributed by atoms with Gasteiger partial charge < -0.3 is 19.9 Å². The fourth-order valence-electron chi connectivity index (χ4n) is 2.33. The number of aromatic carboxylic acids is 1. The van der Waals surface area contributed by atoms with E-state index in [4.69, 9.17) is 14.6 Å². The van der Waals surface area contributed by atoms with Crippen molar-refractivity contribution < 1.29 is 19.4 Å². The minimum absolute atomic E-state index is 0.258. The summed E-state index contributed by atoms with van der Waals surface area (Å²) >= 11 is 3.49. The lowest BCUT2D eigenvalue weighted by Crippen LogP contribution is -2.05. The number of carboxylic acid groups (broad SMARTS) is 1. The van der Waals surface area contributed by atoms with Crippen molar-refractivity contribution in [2.45, 2.75) is 20.4 Å². The summed E-state index contributed by atoms with van der Waals surface area (Å²) in [5, 5.41) is 12.4. The molecule has 0 aliphatic heterocycles. The van der Waals surface area contributed by atoms with Crippen LogP contribution in [-0.2, 0) is 6.54 Å². The van der Waals surface area contributed by atoms with Gasteiger partial charge in [-0.15, -0.1) is 0 Å². The van der Waals surface area contributed by atoms with E-state index in [1.54, 1.807) is 25.3 Å². The van der Waals surface area contributed by atoms with Crippen molar-refractivity contribution in [1.82, 2.24) is 0 Å². The first-order chi connectivity index (χ1) is 11.5. The average Bonchev–Trinajstić information content (AvgIpc) is 2.54. The maximum absolute atomic E-state index is 11.1. The smallest absolute Gasteiger partial charge is 0.335 e. The lowest BCUT2D eigenvalue weighted by atomic mass is 10.1. The van der Waals surface area contributed by atoms with Crippen LogP contribution in [0.3, 0.4) is 0 Å². The molecular formula is C18H20BrNO4. The van der Waals surface area contributed by atoms with Gasteiger partial charge in [-0.3, -0.25) is 0 Å². The minimum Gasteiger partial charge on any atom is -0.492 e. The summed E-state index contributed by atoms with van der Waals surface area (Å²) in [6.45, 7) is 4.93. The maximum atomic E-state index is 11.1. The van der Waals surface area contributed by atoms with Crippen LogP contribution in [-0.4, -0.2) is 24.8 Å². The molecule has 0 spiro atoms. The summed E-state index contributed by atoms with van der Waals surface area (Å²) in [4.78, 5) is 11.1. The first kappa shape index (κ1) is 18.1. The van der Waals surface area contributed by atoms with Gasteiger partial charge in [0.05, 0.1) is 23.8 Å². The zero-order chi connectivity index (χ0) is 17.7. The van der Waals surface area contributed by atoms with Crippen LogP contribution in [0.4, 0.5) is 5.69 Å². The van der Waals surface area contributed by atoms with Gasteiger partial charge in [-0.05, 0) is 65.2 Å². The van der Waals surface area contributed by atoms with Gasteiger partial charge in [-0.25, -0.2) is 4.79 Å². The van der Waals surface area contributed by atoms with E-state index in [0.717, 1.165) is 21.3 Å². The number of carbonyl (C=O) groups is 1. The largest absolute Gasteiger partial charge is 0.492 e. The Morgan fingerprint density at radius 1 is 1.29 bits per heavy atom. The Morgan fingerprint density at radius 2 is 2.04 bits per heavy atom. The third kappa shape index (κ3) is 4.20. The summed E-state index contributed by atoms with van der Waals surface area (Å²) in [7, 11) is 1.60. The van der Waals surface area contributed by atoms with Gasteiger partial charge in [0.2, 0.25) is 0 Å². The van der Waals surface area contributed by atoms with E-state index >= 15 is 0 Å². The van der Waals surface area contributed by atoms with Crippen LogP contribution < -0.4 is 14.8 Å². The number of benzene rings is 2. The van der Waals surface area contributed by atoms with E-state index in [9.17, 15) is 4.79 Å². The number of hydrogen-bond acceptors (Lipinski definition) is 4. The minimum atomic E-state index is -0.941. The molecule has 0 aliphatic carbocycles. The highest BCUT2D eigenvalue weighted by Gasteiger charge is 2.12. The van der Waals surface area contributed by atoms with Crippen molar-refractivity contribution in [1.29, 1.82) is 0 Å². The van der Waals surface area contributed by atoms with Crippen LogP contribution in [0.2, 0.25) is 0 Å². The summed E-state index contributed by atoms with van der Waals surface area (Å²) in [5.41, 5.74) is 3.03. The zero-order valence-corrected chi connectivity index (χ0v) is 15.4. The first-order valence-corrected chi connectivity index (χ1v) is 8.32. The van der Waals surface area contributed by atoms with Crippen LogP contribution in [0.25, 0.3) is 0 Å². The molecule has 2 rings (SSSR count). The number of halogens is 1. The molecule has 2 N–H and O–H groups in total. The van der Waals surface area contributed by atoms with E-state index in [1.165, 1.54) is 0 Å². The molecule has 2 aromatic rings. The Bertz CT molecular complexity index is 746. The van der Waals surface area contributed by atoms with Gasteiger partial charge in [0.15, 0.2) is 11.5 Å². The molecule has 2 aromatic carbocycles. The number of anilines is 1. The monoisotopic (exact) mass is 393 g/mol. The molecule has 0 heterocycles. The maximum Gasteiger partial charge on any atom is 0.335 e. The van der Waals surface area contributed by atoms with Crippen molar-refractivity contribution in [2.24, 2.45) is 0 Å². The Hall–Kier alpha value is -2.21. The van der Waals surface area contributed by atoms with Crippen molar-refractivity contribution >= 4 is 27.6 Å². The Morgan fingerprint density at radius 3 is 2.67 bits per heavy atom. The number of carboxylic acids is 1. The van der Waals surface area contributed by atoms with Gasteiger partial charge in [-0.2, -0.15) is 0 Å². The predicted octanol–water partition coefficient (Wildman–Crippen LogP) is 4.48. The van der Waals surface area contributed by atoms with Gasteiger partial charge in [0, 0.05) is 12.2 Å². The molecule has 0 atom stereocenters. The third-order valence-electron chi connectivity index (χ3n) is 3.54. The summed E-state index contributed by atoms with van der Waals surface area (Å²) in [5.74, 6) is 0.385. The number of nitrogens with one attached hydrogen (secondary N) is 1. The Labute approximate surface area is 149 Å². The average molecular weight is 394 g/mol. The highest BCUT2D eigenvalue weighted by molar-refractivity contribution is 9.10. The number of methoxy groups -OCH3 is 1. The van der Waals surface area contributed by atoms with Crippen molar-refractivity contribution in [3.8, 4) is 11.5 Å². The molecule has 0 fully saturated rings. The highest BCUT2D eigenvalue weighted by Crippen LogP contribution is 2.36. The van der Waals surface area contributed by atoms with Gasteiger partial charge in [0.1, 0.15) is 0 Å². The van der Waals surface area contributed by atoms with E-state index in [2.05, 4.69) is 21.2 Å². The second kappa shape index (κ2) is 8.06. The van der Waals surface area contributed by atoms with E-state index in [-0.39, 0.29) is 5.56 Å². The molecule has 0 unspecified atom stereocenters. The fraction of sp³-hybridized carbons (Fsp3) is 0.278. The number of aryl methyl sites for hydroxylation is 1. The molecule has 0 saturated carbocycles. The summed E-state index contributed by atoms with van der Waals surface area (Å²) in [6.07, 6.45) is 0. The lowest BCUT2D eigenvalue weighted by Gasteiger charge is -2.15. The highest BCUT2D eigenvalue weighted by atomic mass is 79.9. The normalized spacial score (nSPS) is 10.3. The van der Waals surface area contributed by atoms with Gasteiger partial charge >= 0.3 is 5.97 Å². The number of ether oxygens (including phenoxy) is 2.